The molecule has 0 bridgehead atoms. The van der Waals surface area contributed by atoms with E-state index in [2.05, 4.69) is 198 Å². The van der Waals surface area contributed by atoms with Crippen molar-refractivity contribution in [1.82, 2.24) is 4.57 Å². The van der Waals surface area contributed by atoms with Gasteiger partial charge in [0.05, 0.1) is 22.0 Å². The normalized spacial score (nSPS) is 11.8. The van der Waals surface area contributed by atoms with Gasteiger partial charge in [-0.2, -0.15) is 0 Å². The second-order valence-electron chi connectivity index (χ2n) is 14.9. The van der Waals surface area contributed by atoms with Crippen molar-refractivity contribution >= 4 is 82.7 Å². The van der Waals surface area contributed by atoms with E-state index in [-0.39, 0.29) is 0 Å². The molecule has 58 heavy (non-hydrogen) atoms. The lowest BCUT2D eigenvalue weighted by Gasteiger charge is -2.26. The number of anilines is 3. The summed E-state index contributed by atoms with van der Waals surface area (Å²) in [6.45, 7) is 0. The molecule has 0 saturated carbocycles. The summed E-state index contributed by atoms with van der Waals surface area (Å²) >= 11 is 0. The first-order valence-electron chi connectivity index (χ1n) is 19.7. The summed E-state index contributed by atoms with van der Waals surface area (Å²) in [6, 6.07) is 73.0. The van der Waals surface area contributed by atoms with E-state index in [1.165, 1.54) is 27.3 Å². The summed E-state index contributed by atoms with van der Waals surface area (Å²) in [6.07, 6.45) is 0. The molecule has 12 aromatic rings. The molecule has 4 heteroatoms. The first kappa shape index (κ1) is 32.4. The molecule has 0 spiro atoms. The van der Waals surface area contributed by atoms with Gasteiger partial charge in [0.1, 0.15) is 16.7 Å². The predicted octanol–water partition coefficient (Wildman–Crippen LogP) is 15.4. The van der Waals surface area contributed by atoms with Gasteiger partial charge in [-0.15, -0.1) is 0 Å². The van der Waals surface area contributed by atoms with Crippen LogP contribution in [-0.4, -0.2) is 4.57 Å². The van der Waals surface area contributed by atoms with Gasteiger partial charge in [0, 0.05) is 38.8 Å². The maximum atomic E-state index is 6.92. The maximum Gasteiger partial charge on any atom is 0.213 e. The molecule has 0 aliphatic heterocycles. The van der Waals surface area contributed by atoms with Crippen molar-refractivity contribution in [3.05, 3.63) is 206 Å². The van der Waals surface area contributed by atoms with Gasteiger partial charge in [-0.3, -0.25) is 4.57 Å². The van der Waals surface area contributed by atoms with Crippen molar-refractivity contribution in [2.24, 2.45) is 0 Å². The zero-order valence-electron chi connectivity index (χ0n) is 31.3. The number of furan rings is 2. The molecular weight excluding hydrogens is 709 g/mol. The Morgan fingerprint density at radius 2 is 0.966 bits per heavy atom. The van der Waals surface area contributed by atoms with Gasteiger partial charge in [0.25, 0.3) is 0 Å². The van der Waals surface area contributed by atoms with E-state index < -0.39 is 0 Å². The summed E-state index contributed by atoms with van der Waals surface area (Å²) in [7, 11) is 0. The van der Waals surface area contributed by atoms with Gasteiger partial charge >= 0.3 is 0 Å². The Balaban J connectivity index is 1.01. The fourth-order valence-electron chi connectivity index (χ4n) is 9.00. The molecule has 0 atom stereocenters. The van der Waals surface area contributed by atoms with Gasteiger partial charge in [-0.05, 0) is 88.1 Å². The Morgan fingerprint density at radius 1 is 0.379 bits per heavy atom. The zero-order valence-corrected chi connectivity index (χ0v) is 31.3. The van der Waals surface area contributed by atoms with E-state index in [0.717, 1.165) is 83.4 Å². The Labute approximate surface area is 334 Å². The van der Waals surface area contributed by atoms with Crippen LogP contribution in [0.4, 0.5) is 17.1 Å². The van der Waals surface area contributed by atoms with E-state index in [1.807, 2.05) is 18.2 Å². The quantitative estimate of drug-likeness (QED) is 0.170. The zero-order chi connectivity index (χ0) is 38.2. The minimum Gasteiger partial charge on any atom is -0.456 e. The van der Waals surface area contributed by atoms with Crippen LogP contribution in [-0.2, 0) is 0 Å². The molecule has 272 valence electrons. The minimum atomic E-state index is 0.852. The summed E-state index contributed by atoms with van der Waals surface area (Å²) in [5.74, 6) is 0. The van der Waals surface area contributed by atoms with Crippen LogP contribution in [0, 0.1) is 0 Å². The van der Waals surface area contributed by atoms with E-state index in [0.29, 0.717) is 0 Å². The molecule has 0 aliphatic rings. The van der Waals surface area contributed by atoms with Crippen LogP contribution >= 0.6 is 0 Å². The van der Waals surface area contributed by atoms with Gasteiger partial charge < -0.3 is 13.7 Å². The molecule has 3 aromatic heterocycles. The highest BCUT2D eigenvalue weighted by atomic mass is 16.3. The smallest absolute Gasteiger partial charge is 0.213 e. The molecule has 0 fully saturated rings. The molecule has 4 nitrogen and oxygen atoms in total. The lowest BCUT2D eigenvalue weighted by Crippen LogP contribution is -2.10. The topological polar surface area (TPSA) is 34.5 Å². The number of rotatable bonds is 6. The first-order chi connectivity index (χ1) is 28.8. The third-order valence-corrected chi connectivity index (χ3v) is 11.6. The lowest BCUT2D eigenvalue weighted by atomic mass is 9.98. The van der Waals surface area contributed by atoms with Crippen LogP contribution in [0.25, 0.3) is 93.6 Å². The molecule has 0 amide bonds. The van der Waals surface area contributed by atoms with E-state index in [1.54, 1.807) is 0 Å². The van der Waals surface area contributed by atoms with Crippen LogP contribution in [0.2, 0.25) is 0 Å². The summed E-state index contributed by atoms with van der Waals surface area (Å²) in [5.41, 5.74) is 13.3. The number of para-hydroxylation sites is 4. The summed E-state index contributed by atoms with van der Waals surface area (Å²) < 4.78 is 15.6. The second-order valence-corrected chi connectivity index (χ2v) is 14.9. The monoisotopic (exact) mass is 742 g/mol. The van der Waals surface area contributed by atoms with Gasteiger partial charge in [0.15, 0.2) is 0 Å². The van der Waals surface area contributed by atoms with Crippen LogP contribution in [0.1, 0.15) is 0 Å². The Kier molecular flexibility index (Phi) is 7.20. The van der Waals surface area contributed by atoms with Crippen LogP contribution in [0.3, 0.4) is 0 Å². The van der Waals surface area contributed by atoms with Crippen LogP contribution in [0.5, 0.6) is 0 Å². The van der Waals surface area contributed by atoms with E-state index in [9.17, 15) is 0 Å². The highest BCUT2D eigenvalue weighted by Gasteiger charge is 2.23. The summed E-state index contributed by atoms with van der Waals surface area (Å²) in [5, 5.41) is 8.06. The fourth-order valence-corrected chi connectivity index (χ4v) is 9.00. The number of fused-ring (bicyclic) bond motifs is 9. The minimum absolute atomic E-state index is 0.852. The number of hydrogen-bond acceptors (Lipinski definition) is 3. The highest BCUT2D eigenvalue weighted by Crippen LogP contribution is 2.45. The molecule has 0 saturated heterocycles. The van der Waals surface area contributed by atoms with Crippen LogP contribution < -0.4 is 4.90 Å². The number of benzene rings is 9. The molecular formula is C54H34N2O2. The molecule has 0 aliphatic carbocycles. The van der Waals surface area contributed by atoms with Crippen molar-refractivity contribution < 1.29 is 8.83 Å². The molecule has 9 aromatic carbocycles. The Morgan fingerprint density at radius 3 is 1.78 bits per heavy atom. The standard InChI is InChI=1S/C54H34N2O2/c1-2-15-38(16-3-1)56-47-23-8-6-18-44(47)51-46-22-11-21-43(53(46)58-54(51)56)37-29-33-40(34-30-37)55(48-24-12-26-50-52(48)45-19-7-9-25-49(45)57-50)39-31-27-36(28-32-39)42-20-10-14-35-13-4-5-17-41(35)42/h1-34H. The average Bonchev–Trinajstić information content (AvgIpc) is 3.96. The largest absolute Gasteiger partial charge is 0.456 e. The molecule has 3 heterocycles. The average molecular weight is 743 g/mol. The van der Waals surface area contributed by atoms with Gasteiger partial charge in [-0.25, -0.2) is 0 Å². The molecule has 12 rings (SSSR count). The molecule has 0 radical (unpaired) electrons. The maximum absolute atomic E-state index is 6.92. The molecule has 0 N–H and O–H groups in total. The van der Waals surface area contributed by atoms with Crippen molar-refractivity contribution in [2.45, 2.75) is 0 Å². The van der Waals surface area contributed by atoms with E-state index >= 15 is 0 Å². The van der Waals surface area contributed by atoms with Crippen molar-refractivity contribution in [3.63, 3.8) is 0 Å². The predicted molar refractivity (Wildman–Crippen MR) is 241 cm³/mol. The van der Waals surface area contributed by atoms with Gasteiger partial charge in [-0.1, -0.05) is 146 Å². The van der Waals surface area contributed by atoms with Crippen molar-refractivity contribution in [1.29, 1.82) is 0 Å². The van der Waals surface area contributed by atoms with Crippen molar-refractivity contribution in [3.8, 4) is 27.9 Å². The third-order valence-electron chi connectivity index (χ3n) is 11.6. The Hall–Kier alpha value is -7.82. The second kappa shape index (κ2) is 12.9. The van der Waals surface area contributed by atoms with Crippen molar-refractivity contribution in [2.75, 3.05) is 4.90 Å². The lowest BCUT2D eigenvalue weighted by molar-refractivity contribution is 0.646. The van der Waals surface area contributed by atoms with E-state index in [4.69, 9.17) is 8.83 Å². The summed E-state index contributed by atoms with van der Waals surface area (Å²) in [4.78, 5) is 2.34. The number of aromatic nitrogens is 1. The first-order valence-corrected chi connectivity index (χ1v) is 19.7. The Bertz CT molecular complexity index is 3490. The van der Waals surface area contributed by atoms with Crippen LogP contribution in [0.15, 0.2) is 215 Å². The SMILES string of the molecule is c1ccc(-n2c3ccccc3c3c4cccc(-c5ccc(N(c6ccc(-c7cccc8ccccc78)cc6)c6cccc7oc8ccccc8c67)cc5)c4oc32)cc1. The van der Waals surface area contributed by atoms with Gasteiger partial charge in [0.2, 0.25) is 5.71 Å². The molecule has 0 unspecified atom stereocenters. The third kappa shape index (κ3) is 4.95. The fraction of sp³-hybridized carbons (Fsp3) is 0. The highest BCUT2D eigenvalue weighted by molar-refractivity contribution is 6.22. The number of hydrogen-bond donors (Lipinski definition) is 0. The number of nitrogens with zero attached hydrogens (tertiary/aromatic N) is 2.